The highest BCUT2D eigenvalue weighted by Gasteiger charge is 2.03. The summed E-state index contributed by atoms with van der Waals surface area (Å²) in [6.07, 6.45) is 0. The second-order valence-electron chi connectivity index (χ2n) is 4.82. The molecule has 2 aromatic carbocycles. The lowest BCUT2D eigenvalue weighted by molar-refractivity contribution is 0.199. The van der Waals surface area contributed by atoms with Gasteiger partial charge in [0, 0.05) is 26.3 Å². The van der Waals surface area contributed by atoms with Crippen LogP contribution in [0.25, 0.3) is 0 Å². The molecule has 2 aromatic rings. The third-order valence-corrected chi connectivity index (χ3v) is 3.14. The third kappa shape index (κ3) is 4.85. The first-order chi connectivity index (χ1) is 10.2. The second-order valence-corrected chi connectivity index (χ2v) is 4.82. The Bertz CT molecular complexity index is 587. The van der Waals surface area contributed by atoms with Gasteiger partial charge in [0.15, 0.2) is 0 Å². The molecule has 0 aliphatic rings. The number of nitrogens with one attached hydrogen (secondary N) is 1. The van der Waals surface area contributed by atoms with E-state index in [1.165, 1.54) is 17.7 Å². The molecular weight excluding hydrogens is 269 g/mol. The molecule has 0 saturated heterocycles. The van der Waals surface area contributed by atoms with Crippen LogP contribution in [0.5, 0.6) is 11.5 Å². The summed E-state index contributed by atoms with van der Waals surface area (Å²) in [7, 11) is 1.69. The summed E-state index contributed by atoms with van der Waals surface area (Å²) in [5, 5.41) is 3.30. The zero-order valence-corrected chi connectivity index (χ0v) is 12.4. The van der Waals surface area contributed by atoms with Gasteiger partial charge < -0.3 is 14.8 Å². The Morgan fingerprint density at radius 2 is 1.90 bits per heavy atom. The summed E-state index contributed by atoms with van der Waals surface area (Å²) >= 11 is 0. The van der Waals surface area contributed by atoms with Crippen LogP contribution in [0.15, 0.2) is 42.5 Å². The predicted molar refractivity (Wildman–Crippen MR) is 81.2 cm³/mol. The van der Waals surface area contributed by atoms with Crippen LogP contribution in [0.4, 0.5) is 4.39 Å². The number of benzene rings is 2. The lowest BCUT2D eigenvalue weighted by Crippen LogP contribution is -2.19. The minimum atomic E-state index is -0.303. The van der Waals surface area contributed by atoms with Crippen molar-refractivity contribution in [2.45, 2.75) is 13.5 Å². The molecule has 0 amide bonds. The highest BCUT2D eigenvalue weighted by molar-refractivity contribution is 5.37. The van der Waals surface area contributed by atoms with Gasteiger partial charge in [-0.15, -0.1) is 0 Å². The fourth-order valence-electron chi connectivity index (χ4n) is 1.99. The molecule has 0 aliphatic heterocycles. The Hall–Kier alpha value is -1.91. The molecule has 0 atom stereocenters. The molecule has 0 spiro atoms. The average Bonchev–Trinajstić information content (AvgIpc) is 2.45. The van der Waals surface area contributed by atoms with E-state index in [0.29, 0.717) is 18.1 Å². The first-order valence-electron chi connectivity index (χ1n) is 6.91. The Labute approximate surface area is 124 Å². The Morgan fingerprint density at radius 3 is 2.62 bits per heavy atom. The van der Waals surface area contributed by atoms with Crippen molar-refractivity contribution < 1.29 is 13.9 Å². The zero-order valence-electron chi connectivity index (χ0n) is 12.4. The van der Waals surface area contributed by atoms with E-state index in [1.807, 2.05) is 25.1 Å². The molecule has 0 unspecified atom stereocenters. The molecule has 0 fully saturated rings. The van der Waals surface area contributed by atoms with Crippen LogP contribution in [0.1, 0.15) is 11.1 Å². The van der Waals surface area contributed by atoms with Crippen LogP contribution in [0, 0.1) is 12.7 Å². The van der Waals surface area contributed by atoms with Gasteiger partial charge in [-0.1, -0.05) is 12.1 Å². The van der Waals surface area contributed by atoms with Crippen molar-refractivity contribution in [3.63, 3.8) is 0 Å². The maximum absolute atomic E-state index is 13.1. The van der Waals surface area contributed by atoms with Crippen molar-refractivity contribution in [2.75, 3.05) is 20.3 Å². The number of hydrogen-bond acceptors (Lipinski definition) is 3. The smallest absolute Gasteiger partial charge is 0.130 e. The molecule has 0 bridgehead atoms. The van der Waals surface area contributed by atoms with Gasteiger partial charge in [0.25, 0.3) is 0 Å². The molecule has 0 aromatic heterocycles. The molecule has 21 heavy (non-hydrogen) atoms. The molecule has 1 N–H and O–H groups in total. The fraction of sp³-hybridized carbons (Fsp3) is 0.294. The highest BCUT2D eigenvalue weighted by atomic mass is 19.1. The summed E-state index contributed by atoms with van der Waals surface area (Å²) in [6.45, 7) is 4.33. The van der Waals surface area contributed by atoms with Gasteiger partial charge >= 0.3 is 0 Å². The monoisotopic (exact) mass is 289 g/mol. The van der Waals surface area contributed by atoms with Gasteiger partial charge in [0.1, 0.15) is 17.3 Å². The SMILES string of the molecule is COCCNCc1ccc(Oc2cccc(F)c2)cc1C. The van der Waals surface area contributed by atoms with Crippen LogP contribution >= 0.6 is 0 Å². The van der Waals surface area contributed by atoms with Crippen molar-refractivity contribution >= 4 is 0 Å². The first kappa shape index (κ1) is 15.5. The van der Waals surface area contributed by atoms with Crippen LogP contribution in [-0.4, -0.2) is 20.3 Å². The molecule has 3 nitrogen and oxygen atoms in total. The van der Waals surface area contributed by atoms with Crippen LogP contribution < -0.4 is 10.1 Å². The Morgan fingerprint density at radius 1 is 1.10 bits per heavy atom. The Balaban J connectivity index is 1.98. The molecular formula is C17H20FNO2. The van der Waals surface area contributed by atoms with E-state index in [9.17, 15) is 4.39 Å². The van der Waals surface area contributed by atoms with E-state index >= 15 is 0 Å². The van der Waals surface area contributed by atoms with Gasteiger partial charge in [0.05, 0.1) is 6.61 Å². The molecule has 2 rings (SSSR count). The van der Waals surface area contributed by atoms with E-state index < -0.39 is 0 Å². The number of hydrogen-bond donors (Lipinski definition) is 1. The van der Waals surface area contributed by atoms with Gasteiger partial charge in [-0.2, -0.15) is 0 Å². The van der Waals surface area contributed by atoms with Crippen LogP contribution in [-0.2, 0) is 11.3 Å². The van der Waals surface area contributed by atoms with E-state index in [1.54, 1.807) is 19.2 Å². The molecule has 0 radical (unpaired) electrons. The first-order valence-corrected chi connectivity index (χ1v) is 6.91. The van der Waals surface area contributed by atoms with Gasteiger partial charge in [-0.25, -0.2) is 4.39 Å². The topological polar surface area (TPSA) is 30.5 Å². The lowest BCUT2D eigenvalue weighted by Gasteiger charge is -2.11. The minimum Gasteiger partial charge on any atom is -0.457 e. The molecule has 112 valence electrons. The molecule has 4 heteroatoms. The maximum atomic E-state index is 13.1. The third-order valence-electron chi connectivity index (χ3n) is 3.14. The number of ether oxygens (including phenoxy) is 2. The zero-order chi connectivity index (χ0) is 15.1. The lowest BCUT2D eigenvalue weighted by atomic mass is 10.1. The van der Waals surface area contributed by atoms with E-state index in [-0.39, 0.29) is 5.82 Å². The van der Waals surface area contributed by atoms with Crippen molar-refractivity contribution in [1.29, 1.82) is 0 Å². The summed E-state index contributed by atoms with van der Waals surface area (Å²) in [5.41, 5.74) is 2.34. The standard InChI is InChI=1S/C17H20FNO2/c1-13-10-17(21-16-5-3-4-15(18)11-16)7-6-14(13)12-19-8-9-20-2/h3-7,10-11,19H,8-9,12H2,1-2H3. The quantitative estimate of drug-likeness (QED) is 0.789. The number of halogens is 1. The average molecular weight is 289 g/mol. The van der Waals surface area contributed by atoms with Crippen molar-refractivity contribution in [1.82, 2.24) is 5.32 Å². The van der Waals surface area contributed by atoms with Gasteiger partial charge in [-0.3, -0.25) is 0 Å². The molecule has 0 saturated carbocycles. The maximum Gasteiger partial charge on any atom is 0.130 e. The van der Waals surface area contributed by atoms with E-state index in [4.69, 9.17) is 9.47 Å². The summed E-state index contributed by atoms with van der Waals surface area (Å²) in [6, 6.07) is 12.0. The van der Waals surface area contributed by atoms with Gasteiger partial charge in [-0.05, 0) is 42.3 Å². The van der Waals surface area contributed by atoms with E-state index in [2.05, 4.69) is 5.32 Å². The van der Waals surface area contributed by atoms with Crippen LogP contribution in [0.3, 0.4) is 0 Å². The summed E-state index contributed by atoms with van der Waals surface area (Å²) in [4.78, 5) is 0. The molecule has 0 heterocycles. The van der Waals surface area contributed by atoms with Crippen molar-refractivity contribution in [3.05, 3.63) is 59.4 Å². The normalized spacial score (nSPS) is 10.6. The predicted octanol–water partition coefficient (Wildman–Crippen LogP) is 3.66. The van der Waals surface area contributed by atoms with E-state index in [0.717, 1.165) is 18.7 Å². The fourth-order valence-corrected chi connectivity index (χ4v) is 1.99. The Kier molecular flexibility index (Phi) is 5.72. The minimum absolute atomic E-state index is 0.303. The van der Waals surface area contributed by atoms with Crippen molar-refractivity contribution in [2.24, 2.45) is 0 Å². The second kappa shape index (κ2) is 7.76. The number of rotatable bonds is 7. The summed E-state index contributed by atoms with van der Waals surface area (Å²) in [5.74, 6) is 0.905. The van der Waals surface area contributed by atoms with Gasteiger partial charge in [0.2, 0.25) is 0 Å². The molecule has 0 aliphatic carbocycles. The largest absolute Gasteiger partial charge is 0.457 e. The van der Waals surface area contributed by atoms with Crippen LogP contribution in [0.2, 0.25) is 0 Å². The number of aryl methyl sites for hydroxylation is 1. The highest BCUT2D eigenvalue weighted by Crippen LogP contribution is 2.24. The summed E-state index contributed by atoms with van der Waals surface area (Å²) < 4.78 is 23.8. The van der Waals surface area contributed by atoms with Crippen molar-refractivity contribution in [3.8, 4) is 11.5 Å². The number of methoxy groups -OCH3 is 1.